The topological polar surface area (TPSA) is 56.1 Å². The molecule has 2 amide bonds. The molecule has 2 aromatic carbocycles. The summed E-state index contributed by atoms with van der Waals surface area (Å²) in [6.45, 7) is 0.443. The fraction of sp³-hybridized carbons (Fsp3) is 0.111. The molecule has 4 nitrogen and oxygen atoms in total. The van der Waals surface area contributed by atoms with Gasteiger partial charge in [0.05, 0.1) is 11.3 Å². The quantitative estimate of drug-likeness (QED) is 0.759. The maximum Gasteiger partial charge on any atom is 0.321 e. The Morgan fingerprint density at radius 3 is 2.92 bits per heavy atom. The van der Waals surface area contributed by atoms with Crippen LogP contribution in [0.4, 0.5) is 14.9 Å². The highest BCUT2D eigenvalue weighted by molar-refractivity contribution is 7.17. The normalized spacial score (nSPS) is 10.4. The van der Waals surface area contributed by atoms with Gasteiger partial charge in [-0.1, -0.05) is 18.2 Å². The zero-order chi connectivity index (χ0) is 17.1. The van der Waals surface area contributed by atoms with E-state index < -0.39 is 5.82 Å². The number of nitriles is 1. The lowest BCUT2D eigenvalue weighted by atomic mass is 10.1. The first-order valence-corrected chi connectivity index (χ1v) is 8.13. The molecule has 0 aliphatic heterocycles. The first-order valence-electron chi connectivity index (χ1n) is 7.25. The van der Waals surface area contributed by atoms with Crippen molar-refractivity contribution in [3.8, 4) is 6.07 Å². The number of urea groups is 1. The van der Waals surface area contributed by atoms with E-state index in [4.69, 9.17) is 5.26 Å². The number of benzene rings is 2. The summed E-state index contributed by atoms with van der Waals surface area (Å²) in [4.78, 5) is 13.9. The van der Waals surface area contributed by atoms with Crippen molar-refractivity contribution in [2.24, 2.45) is 0 Å². The number of carbonyl (C=O) groups excluding carboxylic acids is 1. The van der Waals surface area contributed by atoms with E-state index in [1.54, 1.807) is 18.4 Å². The molecule has 3 rings (SSSR count). The molecule has 0 radical (unpaired) electrons. The highest BCUT2D eigenvalue weighted by Crippen LogP contribution is 2.26. The lowest BCUT2D eigenvalue weighted by Gasteiger charge is -2.18. The van der Waals surface area contributed by atoms with Crippen molar-refractivity contribution in [1.29, 1.82) is 5.26 Å². The molecule has 24 heavy (non-hydrogen) atoms. The Balaban J connectivity index is 1.75. The predicted octanol–water partition coefficient (Wildman–Crippen LogP) is 4.58. The van der Waals surface area contributed by atoms with Gasteiger partial charge >= 0.3 is 6.03 Å². The van der Waals surface area contributed by atoms with Crippen molar-refractivity contribution < 1.29 is 9.18 Å². The number of halogens is 1. The zero-order valence-electron chi connectivity index (χ0n) is 12.9. The van der Waals surface area contributed by atoms with Gasteiger partial charge in [-0.3, -0.25) is 0 Å². The smallest absolute Gasteiger partial charge is 0.321 e. The van der Waals surface area contributed by atoms with Crippen LogP contribution < -0.4 is 5.32 Å². The van der Waals surface area contributed by atoms with Gasteiger partial charge in [-0.2, -0.15) is 5.26 Å². The number of anilines is 1. The number of hydrogen-bond donors (Lipinski definition) is 1. The van der Waals surface area contributed by atoms with Gasteiger partial charge in [0.25, 0.3) is 0 Å². The minimum absolute atomic E-state index is 0.0951. The second-order valence-electron chi connectivity index (χ2n) is 5.35. The minimum atomic E-state index is -0.511. The number of fused-ring (bicyclic) bond motifs is 1. The Labute approximate surface area is 142 Å². The Hall–Kier alpha value is -2.91. The number of thiophene rings is 1. The Kier molecular flexibility index (Phi) is 4.45. The van der Waals surface area contributed by atoms with Gasteiger partial charge < -0.3 is 10.2 Å². The number of amides is 2. The average molecular weight is 339 g/mol. The number of carbonyl (C=O) groups is 1. The second-order valence-corrected chi connectivity index (χ2v) is 6.26. The van der Waals surface area contributed by atoms with E-state index in [0.29, 0.717) is 12.2 Å². The predicted molar refractivity (Wildman–Crippen MR) is 93.4 cm³/mol. The second kappa shape index (κ2) is 6.69. The largest absolute Gasteiger partial charge is 0.323 e. The van der Waals surface area contributed by atoms with E-state index in [1.807, 2.05) is 35.7 Å². The number of rotatable bonds is 3. The molecule has 120 valence electrons. The van der Waals surface area contributed by atoms with Crippen molar-refractivity contribution in [3.05, 3.63) is 64.8 Å². The third-order valence-corrected chi connectivity index (χ3v) is 4.67. The van der Waals surface area contributed by atoms with Crippen LogP contribution in [-0.4, -0.2) is 18.0 Å². The molecule has 1 heterocycles. The third kappa shape index (κ3) is 3.21. The molecule has 1 N–H and O–H groups in total. The molecule has 0 saturated heterocycles. The first-order chi connectivity index (χ1) is 11.6. The average Bonchev–Trinajstić information content (AvgIpc) is 2.99. The van der Waals surface area contributed by atoms with Gasteiger partial charge in [0.2, 0.25) is 0 Å². The van der Waals surface area contributed by atoms with Crippen molar-refractivity contribution in [2.75, 3.05) is 12.4 Å². The van der Waals surface area contributed by atoms with Crippen LogP contribution in [0.3, 0.4) is 0 Å². The van der Waals surface area contributed by atoms with Gasteiger partial charge in [-0.25, -0.2) is 9.18 Å². The van der Waals surface area contributed by atoms with Crippen LogP contribution in [0.25, 0.3) is 10.1 Å². The summed E-state index contributed by atoms with van der Waals surface area (Å²) >= 11 is 1.64. The zero-order valence-corrected chi connectivity index (χ0v) is 13.7. The molecular formula is C18H14FN3OS. The number of hydrogen-bond acceptors (Lipinski definition) is 3. The molecular weight excluding hydrogens is 325 g/mol. The summed E-state index contributed by atoms with van der Waals surface area (Å²) in [6.07, 6.45) is 0. The molecule has 0 atom stereocenters. The van der Waals surface area contributed by atoms with Crippen LogP contribution in [0.2, 0.25) is 0 Å². The van der Waals surface area contributed by atoms with Gasteiger partial charge in [0.15, 0.2) is 0 Å². The summed E-state index contributed by atoms with van der Waals surface area (Å²) in [6, 6.07) is 13.2. The maximum atomic E-state index is 13.2. The molecule has 0 aliphatic rings. The van der Waals surface area contributed by atoms with Gasteiger partial charge in [0.1, 0.15) is 11.9 Å². The first kappa shape index (κ1) is 16.0. The SMILES string of the molecule is CN(Cc1csc2ccccc12)C(=O)Nc1ccc(F)cc1C#N. The molecule has 0 unspecified atom stereocenters. The fourth-order valence-electron chi connectivity index (χ4n) is 2.41. The van der Waals surface area contributed by atoms with E-state index in [9.17, 15) is 9.18 Å². The lowest BCUT2D eigenvalue weighted by Crippen LogP contribution is -2.31. The molecule has 6 heteroatoms. The van der Waals surface area contributed by atoms with Crippen LogP contribution in [-0.2, 0) is 6.54 Å². The van der Waals surface area contributed by atoms with Crippen LogP contribution in [0, 0.1) is 17.1 Å². The van der Waals surface area contributed by atoms with E-state index in [-0.39, 0.29) is 11.6 Å². The van der Waals surface area contributed by atoms with E-state index >= 15 is 0 Å². The van der Waals surface area contributed by atoms with E-state index in [1.165, 1.54) is 21.7 Å². The summed E-state index contributed by atoms with van der Waals surface area (Å²) in [5.41, 5.74) is 1.46. The fourth-order valence-corrected chi connectivity index (χ4v) is 3.37. The molecule has 0 saturated carbocycles. The molecule has 3 aromatic rings. The van der Waals surface area contributed by atoms with Crippen molar-refractivity contribution >= 4 is 33.1 Å². The molecule has 1 aromatic heterocycles. The van der Waals surface area contributed by atoms with Crippen molar-refractivity contribution in [2.45, 2.75) is 6.54 Å². The van der Waals surface area contributed by atoms with Crippen LogP contribution in [0.1, 0.15) is 11.1 Å². The van der Waals surface area contributed by atoms with Crippen LogP contribution >= 0.6 is 11.3 Å². The maximum absolute atomic E-state index is 13.2. The summed E-state index contributed by atoms with van der Waals surface area (Å²) < 4.78 is 14.3. The Bertz CT molecular complexity index is 945. The van der Waals surface area contributed by atoms with Crippen molar-refractivity contribution in [1.82, 2.24) is 4.90 Å². The van der Waals surface area contributed by atoms with Crippen LogP contribution in [0.5, 0.6) is 0 Å². The highest BCUT2D eigenvalue weighted by atomic mass is 32.1. The minimum Gasteiger partial charge on any atom is -0.323 e. The monoisotopic (exact) mass is 339 g/mol. The summed E-state index contributed by atoms with van der Waals surface area (Å²) in [5.74, 6) is -0.511. The number of nitrogens with one attached hydrogen (secondary N) is 1. The van der Waals surface area contributed by atoms with E-state index in [0.717, 1.165) is 17.0 Å². The van der Waals surface area contributed by atoms with E-state index in [2.05, 4.69) is 5.32 Å². The molecule has 0 aliphatic carbocycles. The standard InChI is InChI=1S/C18H14FN3OS/c1-22(10-13-11-24-17-5-3-2-4-15(13)17)18(23)21-16-7-6-14(19)8-12(16)9-20/h2-8,11H,10H2,1H3,(H,21,23). The van der Waals surface area contributed by atoms with Crippen molar-refractivity contribution in [3.63, 3.8) is 0 Å². The molecule has 0 spiro atoms. The highest BCUT2D eigenvalue weighted by Gasteiger charge is 2.14. The summed E-state index contributed by atoms with van der Waals surface area (Å²) in [7, 11) is 1.68. The third-order valence-electron chi connectivity index (χ3n) is 3.66. The molecule has 0 fully saturated rings. The number of nitrogens with zero attached hydrogens (tertiary/aromatic N) is 2. The van der Waals surface area contributed by atoms with Gasteiger partial charge in [-0.05, 0) is 40.6 Å². The molecule has 0 bridgehead atoms. The van der Waals surface area contributed by atoms with Gasteiger partial charge in [0, 0.05) is 18.3 Å². The van der Waals surface area contributed by atoms with Gasteiger partial charge in [-0.15, -0.1) is 11.3 Å². The van der Waals surface area contributed by atoms with Crippen LogP contribution in [0.15, 0.2) is 47.8 Å². The Morgan fingerprint density at radius 1 is 1.33 bits per heavy atom. The lowest BCUT2D eigenvalue weighted by molar-refractivity contribution is 0.221. The Morgan fingerprint density at radius 2 is 2.12 bits per heavy atom. The summed E-state index contributed by atoms with van der Waals surface area (Å²) in [5, 5.41) is 14.9.